The van der Waals surface area contributed by atoms with Gasteiger partial charge in [0.1, 0.15) is 12.6 Å². The van der Waals surface area contributed by atoms with Gasteiger partial charge in [-0.15, -0.1) is 0 Å². The minimum Gasteiger partial charge on any atom is -0.480 e. The number of rotatable bonds is 5. The van der Waals surface area contributed by atoms with Gasteiger partial charge in [0.25, 0.3) is 0 Å². The summed E-state index contributed by atoms with van der Waals surface area (Å²) in [7, 11) is 0. The maximum atomic E-state index is 12.9. The number of nitrogens with one attached hydrogen (secondary N) is 1. The summed E-state index contributed by atoms with van der Waals surface area (Å²) in [5.41, 5.74) is 8.26. The van der Waals surface area contributed by atoms with Crippen molar-refractivity contribution in [2.75, 3.05) is 6.61 Å². The highest BCUT2D eigenvalue weighted by atomic mass is 16.5. The molecule has 35 heavy (non-hydrogen) atoms. The molecule has 0 heterocycles. The second-order valence-corrected chi connectivity index (χ2v) is 8.94. The molecule has 0 saturated heterocycles. The maximum Gasteiger partial charge on any atom is 0.407 e. The summed E-state index contributed by atoms with van der Waals surface area (Å²) < 4.78 is 5.64. The predicted octanol–water partition coefficient (Wildman–Crippen LogP) is 5.79. The highest BCUT2D eigenvalue weighted by Gasteiger charge is 2.39. The molecule has 2 N–H and O–H groups in total. The molecule has 5 nitrogen and oxygen atoms in total. The van der Waals surface area contributed by atoms with E-state index in [1.807, 2.05) is 84.9 Å². The lowest BCUT2D eigenvalue weighted by molar-refractivity contribution is -0.139. The number of carboxylic acid groups (broad SMARTS) is 1. The first-order valence-electron chi connectivity index (χ1n) is 11.7. The Morgan fingerprint density at radius 2 is 1.09 bits per heavy atom. The van der Waals surface area contributed by atoms with E-state index in [2.05, 4.69) is 17.4 Å². The number of carbonyl (C=O) groups excluding carboxylic acids is 1. The van der Waals surface area contributed by atoms with Crippen LogP contribution in [-0.2, 0) is 9.53 Å². The fourth-order valence-electron chi connectivity index (χ4n) is 5.61. The molecule has 0 fully saturated rings. The molecule has 4 aromatic rings. The van der Waals surface area contributed by atoms with Gasteiger partial charge in [-0.25, -0.2) is 9.59 Å². The molecule has 0 saturated carbocycles. The van der Waals surface area contributed by atoms with Crippen molar-refractivity contribution >= 4 is 12.1 Å². The molecular formula is C30H23NO4. The van der Waals surface area contributed by atoms with Crippen LogP contribution in [0.25, 0.3) is 22.3 Å². The summed E-state index contributed by atoms with van der Waals surface area (Å²) in [6.07, 6.45) is -0.735. The molecule has 0 unspecified atom stereocenters. The lowest BCUT2D eigenvalue weighted by Crippen LogP contribution is -2.45. The number of hydrogen-bond acceptors (Lipinski definition) is 3. The Hall–Kier alpha value is -4.38. The van der Waals surface area contributed by atoms with Crippen LogP contribution in [0, 0.1) is 0 Å². The van der Waals surface area contributed by atoms with Gasteiger partial charge in [-0.2, -0.15) is 0 Å². The number of alkyl carbamates (subject to hydrolysis) is 1. The number of hydrogen-bond donors (Lipinski definition) is 2. The van der Waals surface area contributed by atoms with E-state index < -0.39 is 24.0 Å². The topological polar surface area (TPSA) is 75.6 Å². The Balaban J connectivity index is 1.24. The molecule has 6 rings (SSSR count). The van der Waals surface area contributed by atoms with Gasteiger partial charge in [0, 0.05) is 11.8 Å². The smallest absolute Gasteiger partial charge is 0.407 e. The number of carboxylic acids is 1. The maximum absolute atomic E-state index is 12.9. The summed E-state index contributed by atoms with van der Waals surface area (Å²) in [5, 5.41) is 12.8. The van der Waals surface area contributed by atoms with Crippen molar-refractivity contribution in [1.82, 2.24) is 5.32 Å². The molecule has 0 aromatic heterocycles. The van der Waals surface area contributed by atoms with Crippen LogP contribution in [0.1, 0.15) is 34.1 Å². The summed E-state index contributed by atoms with van der Waals surface area (Å²) >= 11 is 0. The number of benzene rings is 4. The largest absolute Gasteiger partial charge is 0.480 e. The molecule has 0 aliphatic heterocycles. The van der Waals surface area contributed by atoms with E-state index in [-0.39, 0.29) is 12.5 Å². The first-order chi connectivity index (χ1) is 17.1. The number of ether oxygens (including phenoxy) is 1. The molecule has 0 bridgehead atoms. The van der Waals surface area contributed by atoms with Crippen molar-refractivity contribution < 1.29 is 19.4 Å². The van der Waals surface area contributed by atoms with Gasteiger partial charge in [0.05, 0.1) is 0 Å². The first kappa shape index (κ1) is 21.2. The third-order valence-corrected chi connectivity index (χ3v) is 7.10. The highest BCUT2D eigenvalue weighted by molar-refractivity contribution is 5.87. The van der Waals surface area contributed by atoms with Crippen molar-refractivity contribution in [1.29, 1.82) is 0 Å². The van der Waals surface area contributed by atoms with Gasteiger partial charge in [-0.05, 0) is 44.5 Å². The van der Waals surface area contributed by atoms with E-state index in [4.69, 9.17) is 4.74 Å². The van der Waals surface area contributed by atoms with Crippen LogP contribution in [0.5, 0.6) is 0 Å². The van der Waals surface area contributed by atoms with Gasteiger partial charge in [0.2, 0.25) is 0 Å². The van der Waals surface area contributed by atoms with Gasteiger partial charge >= 0.3 is 12.1 Å². The van der Waals surface area contributed by atoms with Crippen molar-refractivity contribution in [3.05, 3.63) is 119 Å². The third-order valence-electron chi connectivity index (χ3n) is 7.10. The zero-order valence-corrected chi connectivity index (χ0v) is 18.8. The van der Waals surface area contributed by atoms with E-state index in [0.29, 0.717) is 0 Å². The molecular weight excluding hydrogens is 438 g/mol. The average molecular weight is 462 g/mol. The van der Waals surface area contributed by atoms with Gasteiger partial charge in [0.15, 0.2) is 0 Å². The quantitative estimate of drug-likeness (QED) is 0.394. The fraction of sp³-hybridized carbons (Fsp3) is 0.133. The molecule has 5 heteroatoms. The van der Waals surface area contributed by atoms with Crippen LogP contribution < -0.4 is 5.32 Å². The number of fused-ring (bicyclic) bond motifs is 6. The standard InChI is InChI=1S/C30H23NO4/c32-29(33)28(27-24-15-7-5-11-20(24)21-12-6-8-16-25(21)27)31-30(34)35-17-26-22-13-3-1-9-18(22)19-10-2-4-14-23(19)26/h1-16,26-28H,17H2,(H,31,34)(H,32,33)/t28-/m0/s1. The lowest BCUT2D eigenvalue weighted by Gasteiger charge is -2.23. The van der Waals surface area contributed by atoms with Crippen molar-refractivity contribution in [3.63, 3.8) is 0 Å². The normalized spacial score (nSPS) is 14.4. The number of aliphatic carboxylic acids is 1. The molecule has 0 spiro atoms. The fourth-order valence-corrected chi connectivity index (χ4v) is 5.61. The first-order valence-corrected chi connectivity index (χ1v) is 11.7. The average Bonchev–Trinajstić information content (AvgIpc) is 3.39. The molecule has 2 aliphatic rings. The molecule has 2 aliphatic carbocycles. The van der Waals surface area contributed by atoms with Crippen molar-refractivity contribution in [2.24, 2.45) is 0 Å². The van der Waals surface area contributed by atoms with Crippen LogP contribution in [0.4, 0.5) is 4.79 Å². The van der Waals surface area contributed by atoms with Crippen molar-refractivity contribution in [2.45, 2.75) is 17.9 Å². The zero-order chi connectivity index (χ0) is 23.9. The summed E-state index contributed by atoms with van der Waals surface area (Å²) in [6, 6.07) is 30.5. The Labute approximate surface area is 203 Å². The molecule has 0 radical (unpaired) electrons. The van der Waals surface area contributed by atoms with Crippen LogP contribution in [-0.4, -0.2) is 29.8 Å². The van der Waals surface area contributed by atoms with Crippen LogP contribution in [0.2, 0.25) is 0 Å². The van der Waals surface area contributed by atoms with E-state index in [1.54, 1.807) is 0 Å². The van der Waals surface area contributed by atoms with Gasteiger partial charge in [-0.3, -0.25) is 0 Å². The van der Waals surface area contributed by atoms with E-state index >= 15 is 0 Å². The summed E-state index contributed by atoms with van der Waals surface area (Å²) in [5.74, 6) is -1.69. The van der Waals surface area contributed by atoms with Crippen molar-refractivity contribution in [3.8, 4) is 22.3 Å². The third kappa shape index (κ3) is 3.48. The lowest BCUT2D eigenvalue weighted by atomic mass is 9.89. The Bertz CT molecular complexity index is 1370. The van der Waals surface area contributed by atoms with Gasteiger partial charge in [-0.1, -0.05) is 97.1 Å². The predicted molar refractivity (Wildman–Crippen MR) is 133 cm³/mol. The second-order valence-electron chi connectivity index (χ2n) is 8.94. The molecule has 172 valence electrons. The summed E-state index contributed by atoms with van der Waals surface area (Å²) in [6.45, 7) is 0.129. The Morgan fingerprint density at radius 3 is 1.54 bits per heavy atom. The monoisotopic (exact) mass is 461 g/mol. The Morgan fingerprint density at radius 1 is 0.686 bits per heavy atom. The zero-order valence-electron chi connectivity index (χ0n) is 18.8. The molecule has 1 amide bonds. The summed E-state index contributed by atoms with van der Waals surface area (Å²) in [4.78, 5) is 25.3. The van der Waals surface area contributed by atoms with E-state index in [9.17, 15) is 14.7 Å². The number of carbonyl (C=O) groups is 2. The molecule has 4 aromatic carbocycles. The van der Waals surface area contributed by atoms with E-state index in [0.717, 1.165) is 44.5 Å². The van der Waals surface area contributed by atoms with Crippen LogP contribution in [0.3, 0.4) is 0 Å². The molecule has 1 atom stereocenters. The minimum atomic E-state index is -1.16. The number of amides is 1. The minimum absolute atomic E-state index is 0.0932. The SMILES string of the molecule is O=C(N[C@H](C(=O)O)C1c2ccccc2-c2ccccc21)OCC1c2ccccc2-c2ccccc21. The van der Waals surface area contributed by atoms with Crippen LogP contribution >= 0.6 is 0 Å². The van der Waals surface area contributed by atoms with Gasteiger partial charge < -0.3 is 15.2 Å². The van der Waals surface area contributed by atoms with Crippen LogP contribution in [0.15, 0.2) is 97.1 Å². The highest BCUT2D eigenvalue weighted by Crippen LogP contribution is 2.47. The van der Waals surface area contributed by atoms with E-state index in [1.165, 1.54) is 0 Å². The second kappa shape index (κ2) is 8.44. The Kier molecular flexibility index (Phi) is 5.10.